The molecule has 0 unspecified atom stereocenters. The topological polar surface area (TPSA) is 54.5 Å². The number of fused-ring (bicyclic) bond motifs is 1. The van der Waals surface area contributed by atoms with Crippen LogP contribution in [0.4, 0.5) is 13.2 Å². The number of rotatable bonds is 6. The van der Waals surface area contributed by atoms with Crippen molar-refractivity contribution in [3.8, 4) is 16.9 Å². The van der Waals surface area contributed by atoms with E-state index >= 15 is 0 Å². The molecule has 0 aliphatic carbocycles. The zero-order valence-electron chi connectivity index (χ0n) is 21.0. The number of alkyl halides is 3. The van der Waals surface area contributed by atoms with Gasteiger partial charge >= 0.3 is 6.18 Å². The van der Waals surface area contributed by atoms with Crippen LogP contribution in [0.3, 0.4) is 0 Å². The molecule has 4 aromatic rings. The number of nitrogens with zero attached hydrogens (tertiary/aromatic N) is 2. The molecule has 1 N–H and O–H groups in total. The first-order valence-corrected chi connectivity index (χ1v) is 12.5. The number of hydrogen-bond acceptors (Lipinski definition) is 4. The lowest BCUT2D eigenvalue weighted by Crippen LogP contribution is -2.44. The molecule has 0 atom stereocenters. The number of ether oxygens (including phenoxy) is 1. The van der Waals surface area contributed by atoms with Crippen LogP contribution in [0.25, 0.3) is 22.0 Å². The van der Waals surface area contributed by atoms with E-state index in [-0.39, 0.29) is 11.9 Å². The minimum atomic E-state index is -4.40. The third-order valence-corrected chi connectivity index (χ3v) is 6.96. The van der Waals surface area contributed by atoms with Gasteiger partial charge in [0.05, 0.1) is 23.9 Å². The summed E-state index contributed by atoms with van der Waals surface area (Å²) in [7, 11) is 1.65. The minimum absolute atomic E-state index is 0.0245. The average Bonchev–Trinajstić information content (AvgIpc) is 2.93. The molecule has 0 spiro atoms. The molecule has 0 radical (unpaired) electrons. The van der Waals surface area contributed by atoms with E-state index in [2.05, 4.69) is 16.3 Å². The second-order valence-electron chi connectivity index (χ2n) is 9.51. The summed E-state index contributed by atoms with van der Waals surface area (Å²) in [5, 5.41) is 4.16. The summed E-state index contributed by atoms with van der Waals surface area (Å²) < 4.78 is 44.1. The van der Waals surface area contributed by atoms with Gasteiger partial charge in [-0.25, -0.2) is 0 Å². The van der Waals surface area contributed by atoms with E-state index < -0.39 is 11.7 Å². The second-order valence-corrected chi connectivity index (χ2v) is 9.51. The molecule has 1 amide bonds. The van der Waals surface area contributed by atoms with Crippen molar-refractivity contribution in [2.24, 2.45) is 0 Å². The fourth-order valence-corrected chi connectivity index (χ4v) is 4.86. The Bertz CT molecular complexity index is 1430. The number of likely N-dealkylation sites (tertiary alicyclic amines) is 1. The van der Waals surface area contributed by atoms with Gasteiger partial charge in [-0.05, 0) is 66.4 Å². The fraction of sp³-hybridized carbons (Fsp3) is 0.267. The molecule has 196 valence electrons. The second kappa shape index (κ2) is 10.8. The van der Waals surface area contributed by atoms with Gasteiger partial charge in [-0.1, -0.05) is 36.4 Å². The summed E-state index contributed by atoms with van der Waals surface area (Å²) in [4.78, 5) is 20.3. The maximum absolute atomic E-state index is 13.2. The van der Waals surface area contributed by atoms with Gasteiger partial charge < -0.3 is 10.1 Å². The summed E-state index contributed by atoms with van der Waals surface area (Å²) >= 11 is 0. The standard InChI is InChI=1S/C30H28F3N3O2/c1-38-25-12-13-28-21(18-25)8-11-24(34-28)19-36-16-14-23(15-17-36)35-29(37)27-5-3-2-4-26(27)20-6-9-22(10-7-20)30(31,32)33/h2-13,18,23H,14-17,19H2,1H3,(H,35,37). The fourth-order valence-electron chi connectivity index (χ4n) is 4.86. The molecule has 38 heavy (non-hydrogen) atoms. The molecular weight excluding hydrogens is 491 g/mol. The Morgan fingerprint density at radius 3 is 2.45 bits per heavy atom. The minimum Gasteiger partial charge on any atom is -0.497 e. The van der Waals surface area contributed by atoms with Crippen LogP contribution in [0.1, 0.15) is 34.5 Å². The molecule has 1 aliphatic rings. The van der Waals surface area contributed by atoms with Crippen LogP contribution in [0.15, 0.2) is 78.9 Å². The van der Waals surface area contributed by atoms with Crippen LogP contribution in [0, 0.1) is 0 Å². The van der Waals surface area contributed by atoms with Crippen LogP contribution in [0.2, 0.25) is 0 Å². The molecule has 1 aliphatic heterocycles. The quantitative estimate of drug-likeness (QED) is 0.324. The average molecular weight is 520 g/mol. The van der Waals surface area contributed by atoms with Crippen LogP contribution >= 0.6 is 0 Å². The number of halogens is 3. The summed E-state index contributed by atoms with van der Waals surface area (Å²) in [6.45, 7) is 2.39. The van der Waals surface area contributed by atoms with Crippen LogP contribution in [-0.4, -0.2) is 42.0 Å². The molecule has 5 rings (SSSR count). The molecule has 0 bridgehead atoms. The van der Waals surface area contributed by atoms with Gasteiger partial charge in [-0.3, -0.25) is 14.7 Å². The van der Waals surface area contributed by atoms with Crippen molar-refractivity contribution in [2.75, 3.05) is 20.2 Å². The van der Waals surface area contributed by atoms with E-state index in [4.69, 9.17) is 9.72 Å². The van der Waals surface area contributed by atoms with Crippen LogP contribution in [-0.2, 0) is 12.7 Å². The van der Waals surface area contributed by atoms with Crippen molar-refractivity contribution >= 4 is 16.8 Å². The Hall–Kier alpha value is -3.91. The van der Waals surface area contributed by atoms with E-state index in [1.165, 1.54) is 12.1 Å². The van der Waals surface area contributed by atoms with Gasteiger partial charge in [-0.2, -0.15) is 13.2 Å². The third-order valence-electron chi connectivity index (χ3n) is 6.96. The summed E-state index contributed by atoms with van der Waals surface area (Å²) in [6, 6.07) is 21.9. The number of hydrogen-bond donors (Lipinski definition) is 1. The number of aromatic nitrogens is 1. The maximum atomic E-state index is 13.2. The van der Waals surface area contributed by atoms with E-state index in [0.717, 1.165) is 67.0 Å². The monoisotopic (exact) mass is 519 g/mol. The van der Waals surface area contributed by atoms with Crippen molar-refractivity contribution in [2.45, 2.75) is 31.6 Å². The molecule has 3 aromatic carbocycles. The highest BCUT2D eigenvalue weighted by Gasteiger charge is 2.30. The maximum Gasteiger partial charge on any atom is 0.416 e. The first-order chi connectivity index (χ1) is 18.3. The molecule has 1 saturated heterocycles. The van der Waals surface area contributed by atoms with Crippen LogP contribution < -0.4 is 10.1 Å². The summed E-state index contributed by atoms with van der Waals surface area (Å²) in [5.41, 5.74) is 2.84. The van der Waals surface area contributed by atoms with Crippen molar-refractivity contribution in [3.05, 3.63) is 95.7 Å². The Kier molecular flexibility index (Phi) is 7.33. The summed E-state index contributed by atoms with van der Waals surface area (Å²) in [6.07, 6.45) is -2.79. The zero-order chi connectivity index (χ0) is 26.7. The first-order valence-electron chi connectivity index (χ1n) is 12.5. The normalized spacial score (nSPS) is 14.9. The SMILES string of the molecule is COc1ccc2nc(CN3CCC(NC(=O)c4ccccc4-c4ccc(C(F)(F)F)cc4)CC3)ccc2c1. The van der Waals surface area contributed by atoms with Gasteiger partial charge in [0.25, 0.3) is 5.91 Å². The number of carbonyl (C=O) groups is 1. The summed E-state index contributed by atoms with van der Waals surface area (Å²) in [5.74, 6) is 0.587. The predicted octanol–water partition coefficient (Wildman–Crippen LogP) is 6.32. The molecule has 1 fully saturated rings. The van der Waals surface area contributed by atoms with Gasteiger partial charge in [-0.15, -0.1) is 0 Å². The highest BCUT2D eigenvalue weighted by atomic mass is 19.4. The van der Waals surface area contributed by atoms with Crippen LogP contribution in [0.5, 0.6) is 5.75 Å². The number of nitrogens with one attached hydrogen (secondary N) is 1. The lowest BCUT2D eigenvalue weighted by Gasteiger charge is -2.32. The van der Waals surface area contributed by atoms with Gasteiger partial charge in [0.1, 0.15) is 5.75 Å². The number of benzene rings is 3. The third kappa shape index (κ3) is 5.81. The van der Waals surface area contributed by atoms with Gasteiger partial charge in [0.2, 0.25) is 0 Å². The highest BCUT2D eigenvalue weighted by Crippen LogP contribution is 2.32. The molecule has 1 aromatic heterocycles. The first kappa shape index (κ1) is 25.7. The van der Waals surface area contributed by atoms with Crippen molar-refractivity contribution in [1.82, 2.24) is 15.2 Å². The van der Waals surface area contributed by atoms with Crippen molar-refractivity contribution in [1.29, 1.82) is 0 Å². The number of carbonyl (C=O) groups excluding carboxylic acids is 1. The van der Waals surface area contributed by atoms with E-state index in [9.17, 15) is 18.0 Å². The smallest absolute Gasteiger partial charge is 0.416 e. The molecule has 5 nitrogen and oxygen atoms in total. The lowest BCUT2D eigenvalue weighted by atomic mass is 9.97. The van der Waals surface area contributed by atoms with E-state index in [0.29, 0.717) is 16.7 Å². The lowest BCUT2D eigenvalue weighted by molar-refractivity contribution is -0.137. The number of piperidine rings is 1. The molecule has 2 heterocycles. The predicted molar refractivity (Wildman–Crippen MR) is 141 cm³/mol. The van der Waals surface area contributed by atoms with Gasteiger partial charge in [0, 0.05) is 36.6 Å². The number of pyridine rings is 1. The Morgan fingerprint density at radius 1 is 1.00 bits per heavy atom. The largest absolute Gasteiger partial charge is 0.497 e. The molecule has 8 heteroatoms. The molecule has 0 saturated carbocycles. The van der Waals surface area contributed by atoms with Crippen molar-refractivity contribution < 1.29 is 22.7 Å². The van der Waals surface area contributed by atoms with E-state index in [1.807, 2.05) is 24.3 Å². The number of amides is 1. The highest BCUT2D eigenvalue weighted by molar-refractivity contribution is 6.01. The van der Waals surface area contributed by atoms with Gasteiger partial charge in [0.15, 0.2) is 0 Å². The number of methoxy groups -OCH3 is 1. The Labute approximate surface area is 219 Å². The van der Waals surface area contributed by atoms with E-state index in [1.54, 1.807) is 31.4 Å². The Balaban J connectivity index is 1.19. The zero-order valence-corrected chi connectivity index (χ0v) is 21.0. The molecular formula is C30H28F3N3O2. The van der Waals surface area contributed by atoms with Crippen molar-refractivity contribution in [3.63, 3.8) is 0 Å². The Morgan fingerprint density at radius 2 is 1.74 bits per heavy atom.